The van der Waals surface area contributed by atoms with E-state index in [9.17, 15) is 14.3 Å². The molecule has 1 aromatic heterocycles. The summed E-state index contributed by atoms with van der Waals surface area (Å²) < 4.78 is 21.7. The highest BCUT2D eigenvalue weighted by Crippen LogP contribution is 2.36. The minimum atomic E-state index is -0.847. The highest BCUT2D eigenvalue weighted by molar-refractivity contribution is 5.88. The SMILES string of the molecule is CCC(C(=O)O)n1c2c(c3cc(F)ccc31)CC(NCCOc1ccccc1)CC2. The van der Waals surface area contributed by atoms with Gasteiger partial charge in [0.15, 0.2) is 0 Å². The summed E-state index contributed by atoms with van der Waals surface area (Å²) in [7, 11) is 0. The van der Waals surface area contributed by atoms with Gasteiger partial charge in [0.05, 0.1) is 0 Å². The van der Waals surface area contributed by atoms with Gasteiger partial charge >= 0.3 is 5.97 Å². The molecule has 1 aliphatic rings. The van der Waals surface area contributed by atoms with Gasteiger partial charge in [-0.05, 0) is 61.6 Å². The van der Waals surface area contributed by atoms with E-state index in [1.165, 1.54) is 6.07 Å². The van der Waals surface area contributed by atoms with E-state index in [2.05, 4.69) is 5.32 Å². The molecule has 2 unspecified atom stereocenters. The minimum Gasteiger partial charge on any atom is -0.492 e. The molecule has 0 spiro atoms. The van der Waals surface area contributed by atoms with Gasteiger partial charge in [0.25, 0.3) is 0 Å². The maximum atomic E-state index is 14.0. The molecule has 0 radical (unpaired) electrons. The normalized spacial score (nSPS) is 16.9. The quantitative estimate of drug-likeness (QED) is 0.542. The molecule has 30 heavy (non-hydrogen) atoms. The zero-order valence-corrected chi connectivity index (χ0v) is 17.1. The van der Waals surface area contributed by atoms with Crippen molar-refractivity contribution in [2.24, 2.45) is 0 Å². The number of benzene rings is 2. The summed E-state index contributed by atoms with van der Waals surface area (Å²) in [6, 6.07) is 14.0. The van der Waals surface area contributed by atoms with Crippen LogP contribution in [0.15, 0.2) is 48.5 Å². The number of para-hydroxylation sites is 1. The summed E-state index contributed by atoms with van der Waals surface area (Å²) in [6.07, 6.45) is 2.92. The molecule has 158 valence electrons. The number of carbonyl (C=O) groups is 1. The van der Waals surface area contributed by atoms with E-state index in [0.717, 1.165) is 47.2 Å². The van der Waals surface area contributed by atoms with E-state index in [4.69, 9.17) is 4.74 Å². The molecule has 0 bridgehead atoms. The van der Waals surface area contributed by atoms with Crippen molar-refractivity contribution in [1.82, 2.24) is 9.88 Å². The third-order valence-corrected chi connectivity index (χ3v) is 5.89. The van der Waals surface area contributed by atoms with Gasteiger partial charge < -0.3 is 19.7 Å². The zero-order chi connectivity index (χ0) is 21.1. The Balaban J connectivity index is 1.52. The van der Waals surface area contributed by atoms with Crippen LogP contribution < -0.4 is 10.1 Å². The van der Waals surface area contributed by atoms with E-state index in [0.29, 0.717) is 19.6 Å². The summed E-state index contributed by atoms with van der Waals surface area (Å²) in [5, 5.41) is 14.1. The molecule has 1 heterocycles. The Morgan fingerprint density at radius 2 is 2.10 bits per heavy atom. The van der Waals surface area contributed by atoms with Crippen LogP contribution in [0.25, 0.3) is 10.9 Å². The van der Waals surface area contributed by atoms with Gasteiger partial charge in [-0.2, -0.15) is 0 Å². The number of halogens is 1. The molecule has 2 aromatic carbocycles. The maximum Gasteiger partial charge on any atom is 0.326 e. The summed E-state index contributed by atoms with van der Waals surface area (Å²) >= 11 is 0. The molecule has 0 aliphatic heterocycles. The number of aliphatic carboxylic acids is 1. The maximum absolute atomic E-state index is 14.0. The predicted octanol–water partition coefficient (Wildman–Crippen LogP) is 4.34. The van der Waals surface area contributed by atoms with Crippen molar-refractivity contribution in [3.63, 3.8) is 0 Å². The average molecular weight is 410 g/mol. The number of hydrogen-bond donors (Lipinski definition) is 2. The standard InChI is InChI=1S/C24H27FN2O3/c1-2-21(24(28)29)27-22-10-8-16(25)14-19(22)20-15-17(9-11-23(20)27)26-12-13-30-18-6-4-3-5-7-18/h3-8,10,14,17,21,26H,2,9,11-13,15H2,1H3,(H,28,29). The van der Waals surface area contributed by atoms with Crippen LogP contribution in [-0.4, -0.2) is 34.8 Å². The predicted molar refractivity (Wildman–Crippen MR) is 115 cm³/mol. The minimum absolute atomic E-state index is 0.254. The molecule has 4 rings (SSSR count). The number of fused-ring (bicyclic) bond motifs is 3. The number of carboxylic acids is 1. The number of nitrogens with zero attached hydrogens (tertiary/aromatic N) is 1. The summed E-state index contributed by atoms with van der Waals surface area (Å²) in [6.45, 7) is 3.16. The zero-order valence-electron chi connectivity index (χ0n) is 17.1. The number of ether oxygens (including phenoxy) is 1. The lowest BCUT2D eigenvalue weighted by Gasteiger charge is -2.26. The van der Waals surface area contributed by atoms with Gasteiger partial charge in [0.1, 0.15) is 24.2 Å². The lowest BCUT2D eigenvalue weighted by molar-refractivity contribution is -0.140. The lowest BCUT2D eigenvalue weighted by atomic mass is 9.91. The fourth-order valence-electron chi connectivity index (χ4n) is 4.51. The Bertz CT molecular complexity index is 1030. The van der Waals surface area contributed by atoms with Crippen LogP contribution in [0.1, 0.15) is 37.1 Å². The van der Waals surface area contributed by atoms with Crippen LogP contribution in [0.2, 0.25) is 0 Å². The molecule has 0 amide bonds. The average Bonchev–Trinajstić information content (AvgIpc) is 3.05. The molecule has 6 heteroatoms. The number of rotatable bonds is 8. The first-order valence-electron chi connectivity index (χ1n) is 10.5. The summed E-state index contributed by atoms with van der Waals surface area (Å²) in [4.78, 5) is 11.9. The summed E-state index contributed by atoms with van der Waals surface area (Å²) in [5.41, 5.74) is 2.91. The number of aromatic nitrogens is 1. The van der Waals surface area contributed by atoms with Gasteiger partial charge in [-0.1, -0.05) is 25.1 Å². The van der Waals surface area contributed by atoms with Crippen molar-refractivity contribution >= 4 is 16.9 Å². The van der Waals surface area contributed by atoms with Gasteiger partial charge in [0, 0.05) is 29.2 Å². The lowest BCUT2D eigenvalue weighted by Crippen LogP contribution is -2.37. The molecule has 0 fully saturated rings. The molecule has 0 saturated heterocycles. The van der Waals surface area contributed by atoms with Crippen LogP contribution >= 0.6 is 0 Å². The highest BCUT2D eigenvalue weighted by atomic mass is 19.1. The van der Waals surface area contributed by atoms with Crippen LogP contribution in [0.3, 0.4) is 0 Å². The van der Waals surface area contributed by atoms with Gasteiger partial charge in [-0.3, -0.25) is 0 Å². The third-order valence-electron chi connectivity index (χ3n) is 5.89. The number of hydrogen-bond acceptors (Lipinski definition) is 3. The van der Waals surface area contributed by atoms with Crippen molar-refractivity contribution < 1.29 is 19.0 Å². The molecule has 5 nitrogen and oxygen atoms in total. The Hall–Kier alpha value is -2.86. The molecular formula is C24H27FN2O3. The van der Waals surface area contributed by atoms with Crippen LogP contribution in [0, 0.1) is 5.82 Å². The van der Waals surface area contributed by atoms with Crippen molar-refractivity contribution in [2.75, 3.05) is 13.2 Å². The first-order chi connectivity index (χ1) is 14.6. The van der Waals surface area contributed by atoms with Gasteiger partial charge in [-0.25, -0.2) is 9.18 Å². The monoisotopic (exact) mass is 410 g/mol. The first kappa shape index (κ1) is 20.4. The highest BCUT2D eigenvalue weighted by Gasteiger charge is 2.30. The van der Waals surface area contributed by atoms with E-state index < -0.39 is 12.0 Å². The molecule has 0 saturated carbocycles. The van der Waals surface area contributed by atoms with Crippen molar-refractivity contribution in [3.05, 3.63) is 65.6 Å². The Morgan fingerprint density at radius 3 is 2.83 bits per heavy atom. The van der Waals surface area contributed by atoms with Crippen molar-refractivity contribution in [1.29, 1.82) is 0 Å². The van der Waals surface area contributed by atoms with E-state index in [-0.39, 0.29) is 11.9 Å². The second kappa shape index (κ2) is 8.88. The first-order valence-corrected chi connectivity index (χ1v) is 10.5. The van der Waals surface area contributed by atoms with Gasteiger partial charge in [0.2, 0.25) is 0 Å². The van der Waals surface area contributed by atoms with E-state index in [1.807, 2.05) is 41.8 Å². The van der Waals surface area contributed by atoms with Crippen molar-refractivity contribution in [2.45, 2.75) is 44.7 Å². The second-order valence-corrected chi connectivity index (χ2v) is 7.77. The number of carboxylic acid groups (broad SMARTS) is 1. The molecule has 2 N–H and O–H groups in total. The van der Waals surface area contributed by atoms with Crippen LogP contribution in [0.5, 0.6) is 5.75 Å². The second-order valence-electron chi connectivity index (χ2n) is 7.77. The van der Waals surface area contributed by atoms with Crippen molar-refractivity contribution in [3.8, 4) is 5.75 Å². The topological polar surface area (TPSA) is 63.5 Å². The largest absolute Gasteiger partial charge is 0.492 e. The molecule has 2 atom stereocenters. The van der Waals surface area contributed by atoms with E-state index in [1.54, 1.807) is 12.1 Å². The van der Waals surface area contributed by atoms with Crippen LogP contribution in [-0.2, 0) is 17.6 Å². The number of nitrogens with one attached hydrogen (secondary N) is 1. The fourth-order valence-corrected chi connectivity index (χ4v) is 4.51. The molecule has 3 aromatic rings. The third kappa shape index (κ3) is 4.05. The smallest absolute Gasteiger partial charge is 0.326 e. The van der Waals surface area contributed by atoms with E-state index >= 15 is 0 Å². The summed E-state index contributed by atoms with van der Waals surface area (Å²) in [5.74, 6) is -0.292. The van der Waals surface area contributed by atoms with Gasteiger partial charge in [-0.15, -0.1) is 0 Å². The fraction of sp³-hybridized carbons (Fsp3) is 0.375. The Labute approximate surface area is 175 Å². The Kier molecular flexibility index (Phi) is 6.04. The molecular weight excluding hydrogens is 383 g/mol. The van der Waals surface area contributed by atoms with Crippen LogP contribution in [0.4, 0.5) is 4.39 Å². The Morgan fingerprint density at radius 1 is 1.30 bits per heavy atom. The molecule has 1 aliphatic carbocycles.